The van der Waals surface area contributed by atoms with Crippen molar-refractivity contribution in [3.8, 4) is 5.75 Å². The van der Waals surface area contributed by atoms with Crippen LogP contribution in [0.25, 0.3) is 10.9 Å². The molecule has 0 spiro atoms. The fourth-order valence-electron chi connectivity index (χ4n) is 4.73. The Morgan fingerprint density at radius 3 is 2.81 bits per heavy atom. The molecule has 9 nitrogen and oxygen atoms in total. The van der Waals surface area contributed by atoms with E-state index in [0.717, 1.165) is 41.7 Å². The lowest BCUT2D eigenvalue weighted by Gasteiger charge is -2.30. The van der Waals surface area contributed by atoms with Gasteiger partial charge in [-0.15, -0.1) is 5.10 Å². The molecule has 0 saturated heterocycles. The summed E-state index contributed by atoms with van der Waals surface area (Å²) in [5.41, 5.74) is 1.28. The Labute approximate surface area is 187 Å². The smallest absolute Gasteiger partial charge is 0.252 e. The lowest BCUT2D eigenvalue weighted by molar-refractivity contribution is 0.129. The Bertz CT molecular complexity index is 1090. The largest absolute Gasteiger partial charge is 0.494 e. The summed E-state index contributed by atoms with van der Waals surface area (Å²) in [6, 6.07) is 7.80. The van der Waals surface area contributed by atoms with E-state index in [1.165, 1.54) is 12.8 Å². The first-order valence-corrected chi connectivity index (χ1v) is 11.6. The minimum atomic E-state index is -0.130. The van der Waals surface area contributed by atoms with Gasteiger partial charge >= 0.3 is 0 Å². The van der Waals surface area contributed by atoms with Crippen LogP contribution in [-0.4, -0.2) is 55.0 Å². The summed E-state index contributed by atoms with van der Waals surface area (Å²) in [5, 5.41) is 23.3. The summed E-state index contributed by atoms with van der Waals surface area (Å²) in [4.78, 5) is 17.9. The third-order valence-corrected chi connectivity index (χ3v) is 6.28. The fourth-order valence-corrected chi connectivity index (χ4v) is 4.73. The highest BCUT2D eigenvalue weighted by Gasteiger charge is 2.29. The molecule has 1 atom stereocenters. The normalized spacial score (nSPS) is 15.6. The SMILES string of the molecule is CCOc1ccc2[nH]c(=O)c(CN(CCO)[C@@H](CC)c3nnnn3C3CCCC3)cc2c1. The molecule has 0 amide bonds. The van der Waals surface area contributed by atoms with E-state index in [0.29, 0.717) is 31.3 Å². The number of tetrazole rings is 1. The maximum absolute atomic E-state index is 12.8. The van der Waals surface area contributed by atoms with Gasteiger partial charge in [-0.05, 0) is 60.9 Å². The molecule has 0 aliphatic heterocycles. The van der Waals surface area contributed by atoms with Crippen LogP contribution < -0.4 is 10.3 Å². The summed E-state index contributed by atoms with van der Waals surface area (Å²) in [6.45, 7) is 5.41. The number of aromatic amines is 1. The Morgan fingerprint density at radius 2 is 2.09 bits per heavy atom. The van der Waals surface area contributed by atoms with Crippen molar-refractivity contribution in [3.63, 3.8) is 0 Å². The first kappa shape index (κ1) is 22.4. The second-order valence-electron chi connectivity index (χ2n) is 8.34. The summed E-state index contributed by atoms with van der Waals surface area (Å²) < 4.78 is 7.57. The maximum Gasteiger partial charge on any atom is 0.252 e. The molecule has 4 rings (SSSR count). The Morgan fingerprint density at radius 1 is 1.28 bits per heavy atom. The van der Waals surface area contributed by atoms with Crippen molar-refractivity contribution in [3.05, 3.63) is 46.0 Å². The molecule has 2 aromatic heterocycles. The van der Waals surface area contributed by atoms with Crippen molar-refractivity contribution in [2.75, 3.05) is 19.8 Å². The molecule has 9 heteroatoms. The molecule has 172 valence electrons. The van der Waals surface area contributed by atoms with Crippen LogP contribution in [0.15, 0.2) is 29.1 Å². The molecule has 1 aliphatic rings. The van der Waals surface area contributed by atoms with E-state index in [1.54, 1.807) is 0 Å². The van der Waals surface area contributed by atoms with Gasteiger partial charge < -0.3 is 14.8 Å². The number of aliphatic hydroxyl groups excluding tert-OH is 1. The summed E-state index contributed by atoms with van der Waals surface area (Å²) in [5.74, 6) is 1.58. The van der Waals surface area contributed by atoms with Gasteiger partial charge in [-0.1, -0.05) is 19.8 Å². The number of hydrogen-bond acceptors (Lipinski definition) is 7. The number of nitrogens with zero attached hydrogens (tertiary/aromatic N) is 5. The topological polar surface area (TPSA) is 109 Å². The number of aliphatic hydroxyl groups is 1. The number of fused-ring (bicyclic) bond motifs is 1. The van der Waals surface area contributed by atoms with Crippen molar-refractivity contribution in [1.82, 2.24) is 30.1 Å². The van der Waals surface area contributed by atoms with Gasteiger partial charge in [-0.25, -0.2) is 4.68 Å². The van der Waals surface area contributed by atoms with Crippen LogP contribution in [0.2, 0.25) is 0 Å². The highest BCUT2D eigenvalue weighted by Crippen LogP contribution is 2.33. The highest BCUT2D eigenvalue weighted by molar-refractivity contribution is 5.80. The molecular formula is C23H32N6O3. The molecule has 3 aromatic rings. The van der Waals surface area contributed by atoms with Gasteiger partial charge in [-0.2, -0.15) is 0 Å². The predicted molar refractivity (Wildman–Crippen MR) is 122 cm³/mol. The number of hydrogen-bond donors (Lipinski definition) is 2. The van der Waals surface area contributed by atoms with Crippen LogP contribution in [-0.2, 0) is 6.54 Å². The van der Waals surface area contributed by atoms with Crippen molar-refractivity contribution >= 4 is 10.9 Å². The zero-order valence-electron chi connectivity index (χ0n) is 18.8. The third kappa shape index (κ3) is 4.68. The Kier molecular flexibility index (Phi) is 7.16. The molecular weight excluding hydrogens is 408 g/mol. The van der Waals surface area contributed by atoms with Gasteiger partial charge in [0.25, 0.3) is 5.56 Å². The minimum Gasteiger partial charge on any atom is -0.494 e. The maximum atomic E-state index is 12.8. The van der Waals surface area contributed by atoms with Gasteiger partial charge in [0.1, 0.15) is 5.75 Å². The van der Waals surface area contributed by atoms with Crippen LogP contribution in [0.3, 0.4) is 0 Å². The Hall–Kier alpha value is -2.78. The zero-order chi connectivity index (χ0) is 22.5. The standard InChI is InChI=1S/C23H32N6O3/c1-3-21(22-25-26-27-29(22)18-7-5-6-8-18)28(11-12-30)15-17-13-16-14-19(32-4-2)9-10-20(16)24-23(17)31/h9-10,13-14,18,21,30H,3-8,11-12,15H2,1-2H3,(H,24,31)/t21-/m0/s1. The van der Waals surface area contributed by atoms with E-state index >= 15 is 0 Å². The van der Waals surface area contributed by atoms with Crippen LogP contribution in [0, 0.1) is 0 Å². The van der Waals surface area contributed by atoms with Crippen molar-refractivity contribution < 1.29 is 9.84 Å². The predicted octanol–water partition coefficient (Wildman–Crippen LogP) is 2.97. The van der Waals surface area contributed by atoms with Gasteiger partial charge in [0.15, 0.2) is 5.82 Å². The van der Waals surface area contributed by atoms with E-state index in [2.05, 4.69) is 32.3 Å². The highest BCUT2D eigenvalue weighted by atomic mass is 16.5. The number of pyridine rings is 1. The number of H-pyrrole nitrogens is 1. The summed E-state index contributed by atoms with van der Waals surface area (Å²) in [7, 11) is 0. The van der Waals surface area contributed by atoms with E-state index in [4.69, 9.17) is 4.74 Å². The van der Waals surface area contributed by atoms with E-state index < -0.39 is 0 Å². The van der Waals surface area contributed by atoms with E-state index in [9.17, 15) is 9.90 Å². The first-order valence-electron chi connectivity index (χ1n) is 11.6. The minimum absolute atomic E-state index is 0.0124. The van der Waals surface area contributed by atoms with Crippen LogP contribution in [0.1, 0.15) is 69.4 Å². The molecule has 0 unspecified atom stereocenters. The number of rotatable bonds is 10. The average molecular weight is 441 g/mol. The van der Waals surface area contributed by atoms with Gasteiger partial charge in [0.05, 0.1) is 25.3 Å². The first-order chi connectivity index (χ1) is 15.6. The van der Waals surface area contributed by atoms with Crippen molar-refractivity contribution in [2.24, 2.45) is 0 Å². The third-order valence-electron chi connectivity index (χ3n) is 6.28. The lowest BCUT2D eigenvalue weighted by Crippen LogP contribution is -2.35. The fraction of sp³-hybridized carbons (Fsp3) is 0.565. The Balaban J connectivity index is 1.65. The lowest BCUT2D eigenvalue weighted by atomic mass is 10.1. The molecule has 1 saturated carbocycles. The summed E-state index contributed by atoms with van der Waals surface area (Å²) in [6.07, 6.45) is 5.32. The average Bonchev–Trinajstić information content (AvgIpc) is 3.47. The summed E-state index contributed by atoms with van der Waals surface area (Å²) >= 11 is 0. The van der Waals surface area contributed by atoms with Gasteiger partial charge in [-0.3, -0.25) is 9.69 Å². The van der Waals surface area contributed by atoms with Crippen molar-refractivity contribution in [2.45, 2.75) is 64.6 Å². The van der Waals surface area contributed by atoms with Gasteiger partial charge in [0.2, 0.25) is 0 Å². The number of nitrogens with one attached hydrogen (secondary N) is 1. The van der Waals surface area contributed by atoms with Crippen LogP contribution in [0.4, 0.5) is 0 Å². The van der Waals surface area contributed by atoms with E-state index in [1.807, 2.05) is 35.9 Å². The number of benzene rings is 1. The zero-order valence-corrected chi connectivity index (χ0v) is 18.8. The molecule has 2 heterocycles. The van der Waals surface area contributed by atoms with Gasteiger partial charge in [0, 0.05) is 29.6 Å². The molecule has 1 aromatic carbocycles. The molecule has 2 N–H and O–H groups in total. The van der Waals surface area contributed by atoms with Crippen LogP contribution in [0.5, 0.6) is 5.75 Å². The quantitative estimate of drug-likeness (QED) is 0.499. The molecule has 32 heavy (non-hydrogen) atoms. The van der Waals surface area contributed by atoms with Crippen LogP contribution >= 0.6 is 0 Å². The molecule has 0 radical (unpaired) electrons. The van der Waals surface area contributed by atoms with E-state index in [-0.39, 0.29) is 18.2 Å². The number of aromatic nitrogens is 5. The second-order valence-corrected chi connectivity index (χ2v) is 8.34. The molecule has 1 aliphatic carbocycles. The second kappa shape index (κ2) is 10.2. The molecule has 0 bridgehead atoms. The molecule has 1 fully saturated rings. The monoisotopic (exact) mass is 440 g/mol. The number of ether oxygens (including phenoxy) is 1. The van der Waals surface area contributed by atoms with Crippen molar-refractivity contribution in [1.29, 1.82) is 0 Å².